The van der Waals surface area contributed by atoms with Gasteiger partial charge in [0.15, 0.2) is 6.10 Å². The van der Waals surface area contributed by atoms with Crippen LogP contribution in [0.4, 0.5) is 0 Å². The molecule has 0 saturated heterocycles. The van der Waals surface area contributed by atoms with Gasteiger partial charge in [0.2, 0.25) is 0 Å². The lowest BCUT2D eigenvalue weighted by atomic mass is 10.0. The lowest BCUT2D eigenvalue weighted by Crippen LogP contribution is -2.30. The summed E-state index contributed by atoms with van der Waals surface area (Å²) in [4.78, 5) is 59.4. The monoisotopic (exact) mass is 2010 g/mol. The van der Waals surface area contributed by atoms with Crippen LogP contribution in [0.15, 0.2) is 170 Å². The smallest absolute Gasteiger partial charge is 0.463 e. The predicted octanol–water partition coefficient (Wildman–Crippen LogP) is 38.0. The van der Waals surface area contributed by atoms with Crippen molar-refractivity contribution in [2.45, 2.75) is 553 Å². The average molecular weight is 2010 g/mol. The van der Waals surface area contributed by atoms with Crippen molar-refractivity contribution in [3.63, 3.8) is 0 Å². The highest BCUT2D eigenvalue weighted by Gasteiger charge is 2.30. The second-order valence-electron chi connectivity index (χ2n) is 39.2. The molecule has 5 atom stereocenters. The molecule has 4 N–H and O–H groups in total. The molecule has 0 saturated carbocycles. The Bertz CT molecular complexity index is 3250. The molecule has 0 amide bonds. The van der Waals surface area contributed by atoms with Gasteiger partial charge in [-0.2, -0.15) is 0 Å². The number of allylic oxidation sites excluding steroid dienone is 28. The third-order valence-corrected chi connectivity index (χ3v) is 27.3. The molecule has 0 rings (SSSR count). The number of esters is 3. The van der Waals surface area contributed by atoms with Crippen LogP contribution in [0.1, 0.15) is 534 Å². The SMILES string of the molecule is CC/C=C\C/C=C\C/C=C\C/C=C\C/C=C\CCCCCCCCCCCCCCCCCCCCCC(=O)OCC(O)COP(=O)(O)OCC(O)COP(=O)(O)OCC(COC(=O)CCCCCCCCCCCCCCCCCCCCC/C=C\C/C=C\C/C=C\C/C=C\C/C=C\CC)OC(=O)CCCCCCCCCCCCCCCCCCCCC/C=C\C/C=C\C/C=C\C/C=C\CCCCC. The molecule has 16 nitrogen and oxygen atoms in total. The van der Waals surface area contributed by atoms with Crippen molar-refractivity contribution in [3.05, 3.63) is 170 Å². The first kappa shape index (κ1) is 136. The lowest BCUT2D eigenvalue weighted by molar-refractivity contribution is -0.161. The third kappa shape index (κ3) is 115. The first-order valence-electron chi connectivity index (χ1n) is 58.4. The van der Waals surface area contributed by atoms with E-state index >= 15 is 0 Å². The number of unbranched alkanes of at least 4 members (excludes halogenated alkanes) is 60. The Morgan fingerprint density at radius 1 is 0.206 bits per heavy atom. The van der Waals surface area contributed by atoms with Gasteiger partial charge in [0.25, 0.3) is 0 Å². The number of phosphoric ester groups is 2. The molecular formula is C123H216O16P2. The molecule has 814 valence electrons. The molecule has 0 aromatic rings. The molecule has 0 spiro atoms. The number of phosphoric acid groups is 2. The second kappa shape index (κ2) is 114. The zero-order valence-corrected chi connectivity index (χ0v) is 92.6. The topological polar surface area (TPSA) is 231 Å². The number of hydrogen-bond donors (Lipinski definition) is 4. The summed E-state index contributed by atoms with van der Waals surface area (Å²) < 4.78 is 61.9. The summed E-state index contributed by atoms with van der Waals surface area (Å²) in [5, 5.41) is 20.9. The van der Waals surface area contributed by atoms with Crippen LogP contribution < -0.4 is 0 Å². The molecule has 0 aliphatic carbocycles. The number of aliphatic hydroxyl groups excluding tert-OH is 2. The summed E-state index contributed by atoms with van der Waals surface area (Å²) in [5.41, 5.74) is 0. The number of rotatable bonds is 111. The normalized spacial score (nSPS) is 14.1. The van der Waals surface area contributed by atoms with Crippen LogP contribution in [0, 0.1) is 0 Å². The van der Waals surface area contributed by atoms with Crippen molar-refractivity contribution < 1.29 is 75.8 Å². The van der Waals surface area contributed by atoms with Gasteiger partial charge in [-0.15, -0.1) is 0 Å². The fourth-order valence-electron chi connectivity index (χ4n) is 16.7. The Morgan fingerprint density at radius 3 is 0.596 bits per heavy atom. The van der Waals surface area contributed by atoms with Crippen LogP contribution in [0.25, 0.3) is 0 Å². The zero-order valence-electron chi connectivity index (χ0n) is 90.8. The average Bonchev–Trinajstić information content (AvgIpc) is 0.899. The summed E-state index contributed by atoms with van der Waals surface area (Å²) in [6, 6.07) is 0. The fourth-order valence-corrected chi connectivity index (χ4v) is 18.3. The molecule has 0 aromatic carbocycles. The van der Waals surface area contributed by atoms with Crippen LogP contribution in [-0.4, -0.2) is 95.9 Å². The molecule has 0 bridgehead atoms. The first-order valence-corrected chi connectivity index (χ1v) is 61.4. The Kier molecular flexibility index (Phi) is 110. The number of carbonyl (C=O) groups excluding carboxylic acids is 3. The summed E-state index contributed by atoms with van der Waals surface area (Å²) in [6.07, 6.45) is 152. The molecule has 18 heteroatoms. The number of carbonyl (C=O) groups is 3. The van der Waals surface area contributed by atoms with Gasteiger partial charge < -0.3 is 34.2 Å². The van der Waals surface area contributed by atoms with E-state index in [9.17, 15) is 43.5 Å². The highest BCUT2D eigenvalue weighted by Crippen LogP contribution is 2.45. The minimum Gasteiger partial charge on any atom is -0.463 e. The Hall–Kier alpha value is -5.09. The first-order chi connectivity index (χ1) is 69.2. The Morgan fingerprint density at radius 2 is 0.376 bits per heavy atom. The predicted molar refractivity (Wildman–Crippen MR) is 602 cm³/mol. The summed E-state index contributed by atoms with van der Waals surface area (Å²) >= 11 is 0. The minimum absolute atomic E-state index is 0.107. The molecular weight excluding hydrogens is 1800 g/mol. The van der Waals surface area contributed by atoms with E-state index in [2.05, 4.69) is 191 Å². The van der Waals surface area contributed by atoms with Crippen LogP contribution in [0.2, 0.25) is 0 Å². The van der Waals surface area contributed by atoms with Crippen molar-refractivity contribution in [3.8, 4) is 0 Å². The third-order valence-electron chi connectivity index (χ3n) is 25.4. The molecule has 0 aliphatic rings. The van der Waals surface area contributed by atoms with Gasteiger partial charge in [-0.25, -0.2) is 9.13 Å². The zero-order chi connectivity index (χ0) is 102. The molecule has 0 radical (unpaired) electrons. The number of hydrogen-bond acceptors (Lipinski definition) is 14. The molecule has 141 heavy (non-hydrogen) atoms. The fraction of sp³-hybridized carbons (Fsp3) is 0.748. The molecule has 0 heterocycles. The van der Waals surface area contributed by atoms with E-state index in [-0.39, 0.29) is 19.3 Å². The molecule has 0 fully saturated rings. The highest BCUT2D eigenvalue weighted by molar-refractivity contribution is 7.47. The standard InChI is InChI=1S/C123H216O16P2/c1-4-7-10-13-16-19-22-25-28-31-34-37-40-43-46-49-52-55-58-61-64-67-70-73-76-79-82-85-88-91-94-97-100-103-106-109-121(126)133-112-118(124)113-135-140(129,130)136-114-119(125)115-137-141(131,132)138-117-120(139-123(128)111-108-105-102-99-96-93-90-87-84-81-78-75-72-69-66-63-60-57-54-51-48-45-42-39-36-33-30-27-24-21-18-15-12-9-6-3)116-134-122(127)110-107-104-101-98-95-92-89-86-83-80-77-74-71-68-65-62-59-56-53-50-47-44-41-38-35-32-29-26-23-20-17-14-11-8-5-2/h7-8,10-11,16-21,25-30,34-39,43-48,118-120,124-125H,4-6,9,12-15,22-24,31-33,40-42,49-117H2,1-3H3,(H,129,130)(H,131,132)/b10-7-,11-8-,19-16-,20-17-,21-18-,28-25-,29-26-,30-27-,37-34-,38-35-,39-36-,46-43-,47-44-,48-45-. The number of aliphatic hydroxyl groups is 2. The summed E-state index contributed by atoms with van der Waals surface area (Å²) in [5.74, 6) is -1.54. The van der Waals surface area contributed by atoms with Gasteiger partial charge in [0.1, 0.15) is 25.4 Å². The van der Waals surface area contributed by atoms with E-state index < -0.39 is 91.5 Å². The van der Waals surface area contributed by atoms with Crippen LogP contribution in [-0.2, 0) is 55.8 Å². The van der Waals surface area contributed by atoms with Crippen molar-refractivity contribution >= 4 is 33.6 Å². The lowest BCUT2D eigenvalue weighted by Gasteiger charge is -2.21. The highest BCUT2D eigenvalue weighted by atomic mass is 31.2. The second-order valence-corrected chi connectivity index (χ2v) is 42.1. The molecule has 5 unspecified atom stereocenters. The van der Waals surface area contributed by atoms with E-state index in [1.54, 1.807) is 0 Å². The van der Waals surface area contributed by atoms with E-state index in [0.29, 0.717) is 19.3 Å². The van der Waals surface area contributed by atoms with E-state index in [1.807, 2.05) is 0 Å². The molecule has 0 aliphatic heterocycles. The van der Waals surface area contributed by atoms with Crippen LogP contribution >= 0.6 is 15.6 Å². The van der Waals surface area contributed by atoms with Gasteiger partial charge in [-0.05, 0) is 154 Å². The van der Waals surface area contributed by atoms with E-state index in [1.165, 1.54) is 327 Å². The van der Waals surface area contributed by atoms with Gasteiger partial charge in [0.05, 0.1) is 26.4 Å². The minimum atomic E-state index is -4.95. The maximum atomic E-state index is 13.2. The maximum Gasteiger partial charge on any atom is 0.472 e. The van der Waals surface area contributed by atoms with Crippen molar-refractivity contribution in [2.75, 3.05) is 39.6 Å². The molecule has 0 aromatic heterocycles. The largest absolute Gasteiger partial charge is 0.472 e. The number of ether oxygens (including phenoxy) is 3. The van der Waals surface area contributed by atoms with Crippen LogP contribution in [0.3, 0.4) is 0 Å². The van der Waals surface area contributed by atoms with Crippen molar-refractivity contribution in [1.82, 2.24) is 0 Å². The van der Waals surface area contributed by atoms with Gasteiger partial charge in [-0.3, -0.25) is 32.5 Å². The quantitative estimate of drug-likeness (QED) is 0.0146. The van der Waals surface area contributed by atoms with Gasteiger partial charge in [0, 0.05) is 19.3 Å². The van der Waals surface area contributed by atoms with E-state index in [4.69, 9.17) is 32.3 Å². The van der Waals surface area contributed by atoms with Crippen molar-refractivity contribution in [2.24, 2.45) is 0 Å². The summed E-state index contributed by atoms with van der Waals surface area (Å²) in [7, 11) is -9.82. The van der Waals surface area contributed by atoms with E-state index in [0.717, 1.165) is 148 Å². The van der Waals surface area contributed by atoms with Gasteiger partial charge >= 0.3 is 33.6 Å². The maximum absolute atomic E-state index is 13.2. The Balaban J connectivity index is 4.58. The van der Waals surface area contributed by atoms with Crippen LogP contribution in [0.5, 0.6) is 0 Å². The van der Waals surface area contributed by atoms with Crippen molar-refractivity contribution in [1.29, 1.82) is 0 Å². The Labute approximate surface area is 866 Å². The summed E-state index contributed by atoms with van der Waals surface area (Å²) in [6.45, 7) is 2.55. The van der Waals surface area contributed by atoms with Gasteiger partial charge in [-0.1, -0.05) is 531 Å².